The summed E-state index contributed by atoms with van der Waals surface area (Å²) in [5.41, 5.74) is 8.48. The molecular formula is C13H13BrN2O. The zero-order valence-corrected chi connectivity index (χ0v) is 11.3. The van der Waals surface area contributed by atoms with E-state index in [-0.39, 0.29) is 0 Å². The van der Waals surface area contributed by atoms with Gasteiger partial charge >= 0.3 is 0 Å². The first-order valence-corrected chi connectivity index (χ1v) is 6.02. The Labute approximate surface area is 109 Å². The Kier molecular flexibility index (Phi) is 3.33. The normalized spacial score (nSPS) is 10.3. The average molecular weight is 293 g/mol. The molecule has 0 radical (unpaired) electrons. The van der Waals surface area contributed by atoms with Gasteiger partial charge in [-0.15, -0.1) is 0 Å². The minimum atomic E-state index is 0.543. The third kappa shape index (κ3) is 2.77. The minimum absolute atomic E-state index is 0.543. The highest BCUT2D eigenvalue weighted by Crippen LogP contribution is 2.28. The number of benzene rings is 1. The number of rotatable bonds is 2. The van der Waals surface area contributed by atoms with Crippen molar-refractivity contribution in [3.63, 3.8) is 0 Å². The van der Waals surface area contributed by atoms with Crippen molar-refractivity contribution >= 4 is 21.6 Å². The van der Waals surface area contributed by atoms with E-state index in [0.717, 1.165) is 15.7 Å². The molecular weight excluding hydrogens is 280 g/mol. The van der Waals surface area contributed by atoms with E-state index >= 15 is 0 Å². The fraction of sp³-hybridized carbons (Fsp3) is 0.154. The third-order valence-corrected chi connectivity index (χ3v) is 3.21. The van der Waals surface area contributed by atoms with Crippen molar-refractivity contribution in [3.05, 3.63) is 46.1 Å². The van der Waals surface area contributed by atoms with Crippen molar-refractivity contribution in [3.8, 4) is 11.6 Å². The Hall–Kier alpha value is -1.55. The SMILES string of the molecule is Cc1ccc(Oc2ccc(Br)c(C)n2)c(N)c1. The second kappa shape index (κ2) is 4.75. The zero-order chi connectivity index (χ0) is 12.4. The van der Waals surface area contributed by atoms with Crippen LogP contribution in [0.3, 0.4) is 0 Å². The minimum Gasteiger partial charge on any atom is -0.437 e. The van der Waals surface area contributed by atoms with Gasteiger partial charge in [0.2, 0.25) is 5.88 Å². The van der Waals surface area contributed by atoms with Gasteiger partial charge in [0, 0.05) is 10.5 Å². The number of nitrogens with two attached hydrogens (primary N) is 1. The summed E-state index contributed by atoms with van der Waals surface area (Å²) in [6.07, 6.45) is 0. The molecule has 0 saturated carbocycles. The highest BCUT2D eigenvalue weighted by molar-refractivity contribution is 9.10. The maximum absolute atomic E-state index is 5.88. The number of hydrogen-bond donors (Lipinski definition) is 1. The number of pyridine rings is 1. The van der Waals surface area contributed by atoms with E-state index in [2.05, 4.69) is 20.9 Å². The molecule has 2 N–H and O–H groups in total. The van der Waals surface area contributed by atoms with Crippen LogP contribution in [0.4, 0.5) is 5.69 Å². The van der Waals surface area contributed by atoms with E-state index in [0.29, 0.717) is 17.3 Å². The maximum atomic E-state index is 5.88. The molecule has 2 rings (SSSR count). The molecule has 0 unspecified atom stereocenters. The average Bonchev–Trinajstić information content (AvgIpc) is 2.27. The van der Waals surface area contributed by atoms with Crippen LogP contribution in [0.1, 0.15) is 11.3 Å². The van der Waals surface area contributed by atoms with Gasteiger partial charge in [-0.2, -0.15) is 0 Å². The molecule has 3 nitrogen and oxygen atoms in total. The van der Waals surface area contributed by atoms with Crippen LogP contribution in [0.5, 0.6) is 11.6 Å². The van der Waals surface area contributed by atoms with E-state index in [9.17, 15) is 0 Å². The lowest BCUT2D eigenvalue weighted by molar-refractivity contribution is 0.463. The Bertz CT molecular complexity index is 555. The summed E-state index contributed by atoms with van der Waals surface area (Å²) in [5, 5.41) is 0. The first-order chi connectivity index (χ1) is 8.06. The molecule has 0 aliphatic heterocycles. The van der Waals surface area contributed by atoms with Crippen LogP contribution >= 0.6 is 15.9 Å². The van der Waals surface area contributed by atoms with Gasteiger partial charge in [-0.25, -0.2) is 4.98 Å². The second-order valence-corrected chi connectivity index (χ2v) is 4.71. The molecule has 0 spiro atoms. The van der Waals surface area contributed by atoms with E-state index in [1.807, 2.05) is 38.1 Å². The van der Waals surface area contributed by atoms with Gasteiger partial charge < -0.3 is 10.5 Å². The largest absolute Gasteiger partial charge is 0.437 e. The van der Waals surface area contributed by atoms with Gasteiger partial charge in [0.15, 0.2) is 5.75 Å². The quantitative estimate of drug-likeness (QED) is 0.856. The van der Waals surface area contributed by atoms with Gasteiger partial charge in [0.25, 0.3) is 0 Å². The molecule has 1 heterocycles. The van der Waals surface area contributed by atoms with Crippen LogP contribution < -0.4 is 10.5 Å². The van der Waals surface area contributed by atoms with Crippen molar-refractivity contribution < 1.29 is 4.74 Å². The lowest BCUT2D eigenvalue weighted by Gasteiger charge is -2.09. The summed E-state index contributed by atoms with van der Waals surface area (Å²) in [4.78, 5) is 4.31. The van der Waals surface area contributed by atoms with Gasteiger partial charge in [-0.1, -0.05) is 6.07 Å². The van der Waals surface area contributed by atoms with Gasteiger partial charge in [-0.05, 0) is 53.5 Å². The number of nitrogen functional groups attached to an aromatic ring is 1. The highest BCUT2D eigenvalue weighted by Gasteiger charge is 2.04. The standard InChI is InChI=1S/C13H13BrN2O/c1-8-3-5-12(11(15)7-8)17-13-6-4-10(14)9(2)16-13/h3-7H,15H2,1-2H3. The predicted molar refractivity (Wildman–Crippen MR) is 72.3 cm³/mol. The van der Waals surface area contributed by atoms with Crippen LogP contribution in [0, 0.1) is 13.8 Å². The lowest BCUT2D eigenvalue weighted by Crippen LogP contribution is -1.95. The van der Waals surface area contributed by atoms with Crippen LogP contribution in [0.25, 0.3) is 0 Å². The third-order valence-electron chi connectivity index (χ3n) is 2.38. The molecule has 0 atom stereocenters. The van der Waals surface area contributed by atoms with Crippen molar-refractivity contribution in [1.29, 1.82) is 0 Å². The molecule has 2 aromatic rings. The number of halogens is 1. The highest BCUT2D eigenvalue weighted by atomic mass is 79.9. The molecule has 17 heavy (non-hydrogen) atoms. The Morgan fingerprint density at radius 3 is 2.59 bits per heavy atom. The number of hydrogen-bond acceptors (Lipinski definition) is 3. The predicted octanol–water partition coefficient (Wildman–Crippen LogP) is 3.84. The summed E-state index contributed by atoms with van der Waals surface area (Å²) in [6.45, 7) is 3.90. The molecule has 0 aliphatic carbocycles. The Balaban J connectivity index is 2.28. The Morgan fingerprint density at radius 1 is 1.18 bits per heavy atom. The molecule has 0 bridgehead atoms. The van der Waals surface area contributed by atoms with E-state index in [1.165, 1.54) is 0 Å². The van der Waals surface area contributed by atoms with Gasteiger partial charge in [0.1, 0.15) is 0 Å². The fourth-order valence-electron chi connectivity index (χ4n) is 1.45. The molecule has 0 saturated heterocycles. The van der Waals surface area contributed by atoms with Crippen molar-refractivity contribution in [2.24, 2.45) is 0 Å². The number of nitrogens with zero attached hydrogens (tertiary/aromatic N) is 1. The van der Waals surface area contributed by atoms with Gasteiger partial charge in [0.05, 0.1) is 11.4 Å². The fourth-order valence-corrected chi connectivity index (χ4v) is 1.67. The molecule has 0 aliphatic rings. The first kappa shape index (κ1) is 11.9. The number of anilines is 1. The summed E-state index contributed by atoms with van der Waals surface area (Å²) in [6, 6.07) is 9.39. The number of aryl methyl sites for hydroxylation is 2. The summed E-state index contributed by atoms with van der Waals surface area (Å²) < 4.78 is 6.60. The second-order valence-electron chi connectivity index (χ2n) is 3.86. The summed E-state index contributed by atoms with van der Waals surface area (Å²) >= 11 is 3.40. The van der Waals surface area contributed by atoms with Crippen molar-refractivity contribution in [2.45, 2.75) is 13.8 Å². The number of aromatic nitrogens is 1. The molecule has 1 aromatic heterocycles. The summed E-state index contributed by atoms with van der Waals surface area (Å²) in [5.74, 6) is 1.17. The van der Waals surface area contributed by atoms with Crippen molar-refractivity contribution in [2.75, 3.05) is 5.73 Å². The molecule has 4 heteroatoms. The van der Waals surface area contributed by atoms with Crippen LogP contribution in [-0.4, -0.2) is 4.98 Å². The molecule has 1 aromatic carbocycles. The van der Waals surface area contributed by atoms with Gasteiger partial charge in [-0.3, -0.25) is 0 Å². The summed E-state index contributed by atoms with van der Waals surface area (Å²) in [7, 11) is 0. The zero-order valence-electron chi connectivity index (χ0n) is 9.70. The van der Waals surface area contributed by atoms with E-state index in [4.69, 9.17) is 10.5 Å². The van der Waals surface area contributed by atoms with Crippen LogP contribution in [0.15, 0.2) is 34.8 Å². The number of ether oxygens (including phenoxy) is 1. The smallest absolute Gasteiger partial charge is 0.219 e. The molecule has 0 amide bonds. The topological polar surface area (TPSA) is 48.1 Å². The van der Waals surface area contributed by atoms with E-state index in [1.54, 1.807) is 6.07 Å². The Morgan fingerprint density at radius 2 is 1.94 bits per heavy atom. The van der Waals surface area contributed by atoms with Crippen LogP contribution in [-0.2, 0) is 0 Å². The first-order valence-electron chi connectivity index (χ1n) is 5.23. The maximum Gasteiger partial charge on any atom is 0.219 e. The molecule has 0 fully saturated rings. The van der Waals surface area contributed by atoms with Crippen molar-refractivity contribution in [1.82, 2.24) is 4.98 Å². The van der Waals surface area contributed by atoms with E-state index < -0.39 is 0 Å². The lowest BCUT2D eigenvalue weighted by atomic mass is 10.2. The molecule has 88 valence electrons. The van der Waals surface area contributed by atoms with Crippen LogP contribution in [0.2, 0.25) is 0 Å². The monoisotopic (exact) mass is 292 g/mol.